The molecule has 0 unspecified atom stereocenters. The number of aromatic nitrogens is 2. The van der Waals surface area contributed by atoms with Gasteiger partial charge in [0.25, 0.3) is 0 Å². The van der Waals surface area contributed by atoms with E-state index in [0.717, 1.165) is 43.7 Å². The number of hydrogen-bond acceptors (Lipinski definition) is 6. The molecule has 0 saturated carbocycles. The molecule has 2 amide bonds. The maximum absolute atomic E-state index is 12.9. The number of aryl methyl sites for hydroxylation is 2. The number of nitrogens with one attached hydrogen (secondary N) is 1. The molecular formula is C24H31N5O4. The average Bonchev–Trinajstić information content (AvgIpc) is 3.01. The molecule has 2 N–H and O–H groups in total. The number of nitrogens with zero attached hydrogens (tertiary/aromatic N) is 4. The highest BCUT2D eigenvalue weighted by Crippen LogP contribution is 2.23. The van der Waals surface area contributed by atoms with E-state index in [2.05, 4.69) is 22.4 Å². The standard InChI is InChI=1S/C24H31N5O4/c1-33-21-10-8-18(15-26-21)20(23(30)31)16-29-14-13-28(24(29)32)12-4-6-19-9-7-17-5-2-3-11-25-22(17)27-19/h7-10,15,20H,2-6,11-14,16H2,1H3,(H,25,27)(H,30,31)/t20-/m1/s1. The van der Waals surface area contributed by atoms with Crippen molar-refractivity contribution >= 4 is 17.8 Å². The van der Waals surface area contributed by atoms with Crippen LogP contribution < -0.4 is 10.1 Å². The fraction of sp³-hybridized carbons (Fsp3) is 0.500. The molecular weight excluding hydrogens is 422 g/mol. The first-order chi connectivity index (χ1) is 16.0. The van der Waals surface area contributed by atoms with Gasteiger partial charge in [0.15, 0.2) is 0 Å². The molecule has 0 aliphatic carbocycles. The SMILES string of the molecule is COc1ccc([C@@H](CN2CCN(CCCc3ccc4c(n3)NCCCC4)C2=O)C(=O)O)cn1. The van der Waals surface area contributed by atoms with Crippen molar-refractivity contribution in [3.63, 3.8) is 0 Å². The number of amides is 2. The van der Waals surface area contributed by atoms with Crippen LogP contribution in [0, 0.1) is 0 Å². The number of fused-ring (bicyclic) bond motifs is 1. The lowest BCUT2D eigenvalue weighted by molar-refractivity contribution is -0.139. The highest BCUT2D eigenvalue weighted by Gasteiger charge is 2.32. The second kappa shape index (κ2) is 10.5. The predicted molar refractivity (Wildman–Crippen MR) is 124 cm³/mol. The summed E-state index contributed by atoms with van der Waals surface area (Å²) >= 11 is 0. The number of ether oxygens (including phenoxy) is 1. The molecule has 0 aromatic carbocycles. The minimum Gasteiger partial charge on any atom is -0.481 e. The first-order valence-corrected chi connectivity index (χ1v) is 11.5. The van der Waals surface area contributed by atoms with Crippen molar-refractivity contribution in [2.45, 2.75) is 38.0 Å². The van der Waals surface area contributed by atoms with Gasteiger partial charge in [0.1, 0.15) is 11.7 Å². The van der Waals surface area contributed by atoms with Gasteiger partial charge in [0, 0.05) is 50.7 Å². The summed E-state index contributed by atoms with van der Waals surface area (Å²) in [6.45, 7) is 2.84. The molecule has 2 aliphatic heterocycles. The molecule has 2 aliphatic rings. The number of pyridine rings is 2. The molecule has 2 aromatic rings. The van der Waals surface area contributed by atoms with E-state index in [1.807, 2.05) is 0 Å². The Morgan fingerprint density at radius 2 is 2.06 bits per heavy atom. The monoisotopic (exact) mass is 453 g/mol. The van der Waals surface area contributed by atoms with Gasteiger partial charge >= 0.3 is 12.0 Å². The van der Waals surface area contributed by atoms with E-state index in [-0.39, 0.29) is 12.6 Å². The van der Waals surface area contributed by atoms with Crippen LogP contribution in [-0.2, 0) is 17.6 Å². The zero-order chi connectivity index (χ0) is 23.2. The average molecular weight is 454 g/mol. The van der Waals surface area contributed by atoms with Gasteiger partial charge in [-0.2, -0.15) is 0 Å². The van der Waals surface area contributed by atoms with Crippen molar-refractivity contribution in [1.82, 2.24) is 19.8 Å². The Labute approximate surface area is 193 Å². The summed E-state index contributed by atoms with van der Waals surface area (Å²) in [5.74, 6) is -0.382. The zero-order valence-corrected chi connectivity index (χ0v) is 19.0. The number of aliphatic carboxylic acids is 1. The summed E-state index contributed by atoms with van der Waals surface area (Å²) in [5, 5.41) is 13.1. The van der Waals surface area contributed by atoms with E-state index < -0.39 is 11.9 Å². The van der Waals surface area contributed by atoms with Crippen LogP contribution >= 0.6 is 0 Å². The lowest BCUT2D eigenvalue weighted by Gasteiger charge is -2.22. The Morgan fingerprint density at radius 1 is 1.21 bits per heavy atom. The molecule has 1 atom stereocenters. The van der Waals surface area contributed by atoms with Gasteiger partial charge in [-0.05, 0) is 49.3 Å². The summed E-state index contributed by atoms with van der Waals surface area (Å²) < 4.78 is 5.04. The van der Waals surface area contributed by atoms with Crippen LogP contribution in [0.3, 0.4) is 0 Å². The van der Waals surface area contributed by atoms with Gasteiger partial charge in [0.2, 0.25) is 5.88 Å². The van der Waals surface area contributed by atoms with Crippen LogP contribution in [0.15, 0.2) is 30.5 Å². The molecule has 2 aromatic heterocycles. The third-order valence-corrected chi connectivity index (χ3v) is 6.32. The van der Waals surface area contributed by atoms with E-state index >= 15 is 0 Å². The number of carbonyl (C=O) groups excluding carboxylic acids is 1. The third kappa shape index (κ3) is 5.53. The highest BCUT2D eigenvalue weighted by molar-refractivity contribution is 5.80. The van der Waals surface area contributed by atoms with Crippen molar-refractivity contribution in [3.8, 4) is 5.88 Å². The lowest BCUT2D eigenvalue weighted by atomic mass is 10.0. The molecule has 0 radical (unpaired) electrons. The van der Waals surface area contributed by atoms with Crippen molar-refractivity contribution < 1.29 is 19.4 Å². The minimum absolute atomic E-state index is 0.112. The summed E-state index contributed by atoms with van der Waals surface area (Å²) in [4.78, 5) is 37.0. The van der Waals surface area contributed by atoms with Gasteiger partial charge in [-0.1, -0.05) is 12.1 Å². The Morgan fingerprint density at radius 3 is 2.82 bits per heavy atom. The smallest absolute Gasteiger partial charge is 0.320 e. The van der Waals surface area contributed by atoms with E-state index in [0.29, 0.717) is 31.1 Å². The number of hydrogen-bond donors (Lipinski definition) is 2. The maximum atomic E-state index is 12.9. The summed E-state index contributed by atoms with van der Waals surface area (Å²) in [6, 6.07) is 7.46. The third-order valence-electron chi connectivity index (χ3n) is 6.32. The Kier molecular flexibility index (Phi) is 7.26. The number of carboxylic acids is 1. The van der Waals surface area contributed by atoms with Crippen LogP contribution in [0.5, 0.6) is 5.88 Å². The first kappa shape index (κ1) is 22.8. The second-order valence-corrected chi connectivity index (χ2v) is 8.54. The summed E-state index contributed by atoms with van der Waals surface area (Å²) in [6.07, 6.45) is 6.53. The van der Waals surface area contributed by atoms with Crippen molar-refractivity contribution in [1.29, 1.82) is 0 Å². The van der Waals surface area contributed by atoms with Crippen LogP contribution in [-0.4, -0.2) is 76.7 Å². The Bertz CT molecular complexity index is 981. The first-order valence-electron chi connectivity index (χ1n) is 11.5. The zero-order valence-electron chi connectivity index (χ0n) is 19.0. The lowest BCUT2D eigenvalue weighted by Crippen LogP contribution is -2.36. The minimum atomic E-state index is -0.976. The molecule has 0 spiro atoms. The quantitative estimate of drug-likeness (QED) is 0.601. The van der Waals surface area contributed by atoms with E-state index in [1.54, 1.807) is 21.9 Å². The van der Waals surface area contributed by atoms with Crippen LogP contribution in [0.25, 0.3) is 0 Å². The molecule has 4 heterocycles. The number of rotatable bonds is 9. The van der Waals surface area contributed by atoms with E-state index in [4.69, 9.17) is 9.72 Å². The molecule has 33 heavy (non-hydrogen) atoms. The van der Waals surface area contributed by atoms with Crippen molar-refractivity contribution in [2.24, 2.45) is 0 Å². The normalized spacial score (nSPS) is 16.7. The van der Waals surface area contributed by atoms with Gasteiger partial charge in [-0.25, -0.2) is 14.8 Å². The topological polar surface area (TPSA) is 108 Å². The van der Waals surface area contributed by atoms with E-state index in [1.165, 1.54) is 25.3 Å². The van der Waals surface area contributed by atoms with Crippen LogP contribution in [0.1, 0.15) is 42.0 Å². The second-order valence-electron chi connectivity index (χ2n) is 8.54. The molecule has 4 rings (SSSR count). The number of anilines is 1. The number of carboxylic acid groups (broad SMARTS) is 1. The molecule has 176 valence electrons. The number of carbonyl (C=O) groups is 2. The molecule has 1 saturated heterocycles. The van der Waals surface area contributed by atoms with E-state index in [9.17, 15) is 14.7 Å². The predicted octanol–water partition coefficient (Wildman–Crippen LogP) is 2.77. The molecule has 1 fully saturated rings. The van der Waals surface area contributed by atoms with Crippen molar-refractivity contribution in [2.75, 3.05) is 45.2 Å². The summed E-state index contributed by atoms with van der Waals surface area (Å²) in [5.41, 5.74) is 2.86. The highest BCUT2D eigenvalue weighted by atomic mass is 16.5. The van der Waals surface area contributed by atoms with Gasteiger partial charge < -0.3 is 25.0 Å². The molecule has 9 heteroatoms. The van der Waals surface area contributed by atoms with Gasteiger partial charge in [-0.3, -0.25) is 4.79 Å². The molecule has 9 nitrogen and oxygen atoms in total. The Balaban J connectivity index is 1.30. The maximum Gasteiger partial charge on any atom is 0.320 e. The number of urea groups is 1. The van der Waals surface area contributed by atoms with Crippen LogP contribution in [0.4, 0.5) is 10.6 Å². The Hall–Kier alpha value is -3.36. The number of methoxy groups -OCH3 is 1. The summed E-state index contributed by atoms with van der Waals surface area (Å²) in [7, 11) is 1.51. The molecule has 0 bridgehead atoms. The van der Waals surface area contributed by atoms with Crippen LogP contribution in [0.2, 0.25) is 0 Å². The fourth-order valence-electron chi connectivity index (χ4n) is 4.40. The fourth-order valence-corrected chi connectivity index (χ4v) is 4.40. The van der Waals surface area contributed by atoms with Crippen molar-refractivity contribution in [3.05, 3.63) is 47.3 Å². The largest absolute Gasteiger partial charge is 0.481 e. The van der Waals surface area contributed by atoms with Gasteiger partial charge in [-0.15, -0.1) is 0 Å². The van der Waals surface area contributed by atoms with Gasteiger partial charge in [0.05, 0.1) is 7.11 Å².